The Kier molecular flexibility index (Phi) is 5.71. The van der Waals surface area contributed by atoms with Crippen LogP contribution in [0.2, 0.25) is 0 Å². The molecule has 138 valence electrons. The zero-order chi connectivity index (χ0) is 19.4. The Hall–Kier alpha value is -2.93. The van der Waals surface area contributed by atoms with Gasteiger partial charge in [-0.1, -0.05) is 28.1 Å². The van der Waals surface area contributed by atoms with Crippen molar-refractivity contribution in [3.05, 3.63) is 75.0 Å². The van der Waals surface area contributed by atoms with E-state index in [-0.39, 0.29) is 18.0 Å². The molecular weight excluding hydrogens is 410 g/mol. The minimum Gasteiger partial charge on any atom is -0.497 e. The number of anilines is 1. The summed E-state index contributed by atoms with van der Waals surface area (Å²) in [5.74, 6) is 0.369. The van der Waals surface area contributed by atoms with Crippen LogP contribution in [-0.4, -0.2) is 22.8 Å². The van der Waals surface area contributed by atoms with Crippen molar-refractivity contribution in [3.63, 3.8) is 0 Å². The van der Waals surface area contributed by atoms with E-state index in [0.717, 1.165) is 20.3 Å². The van der Waals surface area contributed by atoms with E-state index in [9.17, 15) is 9.59 Å². The maximum atomic E-state index is 12.4. The fraction of sp³-hybridized carbons (Fsp3) is 0.150. The summed E-state index contributed by atoms with van der Waals surface area (Å²) in [6.07, 6.45) is 0. The summed E-state index contributed by atoms with van der Waals surface area (Å²) in [4.78, 5) is 24.5. The van der Waals surface area contributed by atoms with Gasteiger partial charge in [0.05, 0.1) is 12.8 Å². The molecule has 3 aromatic rings. The molecular formula is C20H18BrN3O3. The molecule has 0 aliphatic heterocycles. The number of carbonyl (C=O) groups excluding carboxylic acids is 1. The lowest BCUT2D eigenvalue weighted by molar-refractivity contribution is -0.117. The molecule has 2 aromatic carbocycles. The zero-order valence-electron chi connectivity index (χ0n) is 14.9. The third-order valence-corrected chi connectivity index (χ3v) is 4.48. The smallest absolute Gasteiger partial charge is 0.267 e. The molecule has 0 fully saturated rings. The number of ether oxygens (including phenoxy) is 1. The third-order valence-electron chi connectivity index (χ3n) is 3.99. The van der Waals surface area contributed by atoms with E-state index < -0.39 is 0 Å². The maximum absolute atomic E-state index is 12.4. The van der Waals surface area contributed by atoms with Gasteiger partial charge in [0.2, 0.25) is 5.91 Å². The fourth-order valence-corrected chi connectivity index (χ4v) is 3.07. The van der Waals surface area contributed by atoms with Crippen molar-refractivity contribution in [1.29, 1.82) is 0 Å². The number of nitrogens with zero attached hydrogens (tertiary/aromatic N) is 2. The van der Waals surface area contributed by atoms with Gasteiger partial charge in [0.15, 0.2) is 0 Å². The van der Waals surface area contributed by atoms with Crippen LogP contribution in [-0.2, 0) is 11.3 Å². The van der Waals surface area contributed by atoms with E-state index in [1.807, 2.05) is 43.3 Å². The average molecular weight is 428 g/mol. The molecule has 0 atom stereocenters. The first-order valence-corrected chi connectivity index (χ1v) is 9.04. The summed E-state index contributed by atoms with van der Waals surface area (Å²) < 4.78 is 7.30. The Morgan fingerprint density at radius 1 is 1.19 bits per heavy atom. The Labute approximate surface area is 164 Å². The number of amides is 1. The first-order valence-electron chi connectivity index (χ1n) is 8.25. The van der Waals surface area contributed by atoms with Crippen molar-refractivity contribution in [2.45, 2.75) is 13.5 Å². The molecule has 0 saturated heterocycles. The molecule has 0 radical (unpaired) electrons. The molecule has 0 saturated carbocycles. The predicted molar refractivity (Wildman–Crippen MR) is 108 cm³/mol. The molecule has 0 unspecified atom stereocenters. The summed E-state index contributed by atoms with van der Waals surface area (Å²) in [6, 6.07) is 15.9. The van der Waals surface area contributed by atoms with Gasteiger partial charge in [-0.3, -0.25) is 9.59 Å². The minimum absolute atomic E-state index is 0.174. The van der Waals surface area contributed by atoms with Gasteiger partial charge in [-0.25, -0.2) is 4.68 Å². The van der Waals surface area contributed by atoms with Gasteiger partial charge < -0.3 is 10.1 Å². The van der Waals surface area contributed by atoms with Crippen LogP contribution in [0, 0.1) is 6.92 Å². The first-order chi connectivity index (χ1) is 13.0. The van der Waals surface area contributed by atoms with E-state index >= 15 is 0 Å². The standard InChI is InChI=1S/C20H18BrN3O3/c1-13-10-15(21)6-7-17(13)22-19(25)12-24-20(26)9-8-18(23-24)14-4-3-5-16(11-14)27-2/h3-11H,12H2,1-2H3,(H,22,25). The number of benzene rings is 2. The lowest BCUT2D eigenvalue weighted by Gasteiger charge is -2.10. The average Bonchev–Trinajstić information content (AvgIpc) is 2.66. The number of rotatable bonds is 5. The van der Waals surface area contributed by atoms with Gasteiger partial charge in [-0.15, -0.1) is 0 Å². The Morgan fingerprint density at radius 3 is 2.74 bits per heavy atom. The van der Waals surface area contributed by atoms with Gasteiger partial charge in [-0.05, 0) is 48.9 Å². The zero-order valence-corrected chi connectivity index (χ0v) is 16.5. The predicted octanol–water partition coefficient (Wildman–Crippen LogP) is 3.63. The van der Waals surface area contributed by atoms with E-state index in [0.29, 0.717) is 17.1 Å². The largest absolute Gasteiger partial charge is 0.497 e. The molecule has 1 N–H and O–H groups in total. The van der Waals surface area contributed by atoms with E-state index in [4.69, 9.17) is 4.74 Å². The van der Waals surface area contributed by atoms with Crippen molar-refractivity contribution < 1.29 is 9.53 Å². The molecule has 0 aliphatic carbocycles. The molecule has 1 heterocycles. The number of nitrogens with one attached hydrogen (secondary N) is 1. The molecule has 7 heteroatoms. The number of carbonyl (C=O) groups is 1. The monoisotopic (exact) mass is 427 g/mol. The van der Waals surface area contributed by atoms with Crippen LogP contribution in [0.15, 0.2) is 63.9 Å². The molecule has 0 spiro atoms. The third kappa shape index (κ3) is 4.62. The van der Waals surface area contributed by atoms with Crippen LogP contribution in [0.4, 0.5) is 5.69 Å². The van der Waals surface area contributed by atoms with Gasteiger partial charge in [-0.2, -0.15) is 5.10 Å². The lowest BCUT2D eigenvalue weighted by Crippen LogP contribution is -2.29. The van der Waals surface area contributed by atoms with E-state index in [1.165, 1.54) is 6.07 Å². The minimum atomic E-state index is -0.343. The Morgan fingerprint density at radius 2 is 2.00 bits per heavy atom. The van der Waals surface area contributed by atoms with Gasteiger partial charge >= 0.3 is 0 Å². The van der Waals surface area contributed by atoms with Crippen LogP contribution in [0.1, 0.15) is 5.56 Å². The number of methoxy groups -OCH3 is 1. The quantitative estimate of drug-likeness (QED) is 0.674. The molecule has 1 amide bonds. The molecule has 3 rings (SSSR count). The highest BCUT2D eigenvalue weighted by atomic mass is 79.9. The van der Waals surface area contributed by atoms with Crippen molar-refractivity contribution in [2.75, 3.05) is 12.4 Å². The van der Waals surface area contributed by atoms with E-state index in [2.05, 4.69) is 26.3 Å². The number of hydrogen-bond donors (Lipinski definition) is 1. The first kappa shape index (κ1) is 18.8. The lowest BCUT2D eigenvalue weighted by atomic mass is 10.1. The summed E-state index contributed by atoms with van der Waals surface area (Å²) in [7, 11) is 1.59. The van der Waals surface area contributed by atoms with Crippen LogP contribution in [0.25, 0.3) is 11.3 Å². The number of aromatic nitrogens is 2. The molecule has 6 nitrogen and oxygen atoms in total. The number of aryl methyl sites for hydroxylation is 1. The second kappa shape index (κ2) is 8.18. The van der Waals surface area contributed by atoms with Crippen LogP contribution in [0.3, 0.4) is 0 Å². The fourth-order valence-electron chi connectivity index (χ4n) is 2.59. The van der Waals surface area contributed by atoms with E-state index in [1.54, 1.807) is 19.2 Å². The highest BCUT2D eigenvalue weighted by Crippen LogP contribution is 2.21. The highest BCUT2D eigenvalue weighted by molar-refractivity contribution is 9.10. The van der Waals surface area contributed by atoms with Gasteiger partial charge in [0.1, 0.15) is 12.3 Å². The molecule has 1 aromatic heterocycles. The van der Waals surface area contributed by atoms with Crippen LogP contribution < -0.4 is 15.6 Å². The Bertz CT molecular complexity index is 1050. The summed E-state index contributed by atoms with van der Waals surface area (Å²) in [6.45, 7) is 1.72. The second-order valence-corrected chi connectivity index (χ2v) is 6.87. The van der Waals surface area contributed by atoms with Crippen molar-refractivity contribution >= 4 is 27.5 Å². The summed E-state index contributed by atoms with van der Waals surface area (Å²) in [5, 5.41) is 7.13. The number of halogens is 1. The van der Waals surface area contributed by atoms with Crippen LogP contribution in [0.5, 0.6) is 5.75 Å². The molecule has 0 aliphatic rings. The van der Waals surface area contributed by atoms with Crippen molar-refractivity contribution in [1.82, 2.24) is 9.78 Å². The summed E-state index contributed by atoms with van der Waals surface area (Å²) in [5.41, 5.74) is 2.65. The van der Waals surface area contributed by atoms with Gasteiger partial charge in [0.25, 0.3) is 5.56 Å². The van der Waals surface area contributed by atoms with Crippen molar-refractivity contribution in [3.8, 4) is 17.0 Å². The topological polar surface area (TPSA) is 73.2 Å². The highest BCUT2D eigenvalue weighted by Gasteiger charge is 2.10. The normalized spacial score (nSPS) is 10.5. The SMILES string of the molecule is COc1cccc(-c2ccc(=O)n(CC(=O)Nc3ccc(Br)cc3C)n2)c1. The summed E-state index contributed by atoms with van der Waals surface area (Å²) >= 11 is 3.39. The maximum Gasteiger partial charge on any atom is 0.267 e. The van der Waals surface area contributed by atoms with Crippen LogP contribution >= 0.6 is 15.9 Å². The molecule has 0 bridgehead atoms. The van der Waals surface area contributed by atoms with Crippen molar-refractivity contribution in [2.24, 2.45) is 0 Å². The second-order valence-electron chi connectivity index (χ2n) is 5.95. The molecule has 27 heavy (non-hydrogen) atoms. The Balaban J connectivity index is 1.82. The van der Waals surface area contributed by atoms with Gasteiger partial charge in [0, 0.05) is 21.8 Å². The number of hydrogen-bond acceptors (Lipinski definition) is 4.